The molecule has 0 spiro atoms. The monoisotopic (exact) mass is 350 g/mol. The van der Waals surface area contributed by atoms with Gasteiger partial charge in [0, 0.05) is 0 Å². The lowest BCUT2D eigenvalue weighted by molar-refractivity contribution is 1.09. The number of hydrogen-bond donors (Lipinski definition) is 0. The zero-order valence-electron chi connectivity index (χ0n) is 17.7. The lowest BCUT2D eigenvalue weighted by Crippen LogP contribution is -1.62. The SMILES string of the molecule is CCC.CCC.Cc1ccccc1.Cc1ccccc1.c1ccccc1. The molecule has 0 aliphatic rings. The molecule has 0 bridgehead atoms. The van der Waals surface area contributed by atoms with Gasteiger partial charge in [-0.1, -0.05) is 149 Å². The quantitative estimate of drug-likeness (QED) is 0.381. The summed E-state index contributed by atoms with van der Waals surface area (Å²) in [5.41, 5.74) is 2.64. The fourth-order valence-corrected chi connectivity index (χ4v) is 1.45. The van der Waals surface area contributed by atoms with Crippen LogP contribution < -0.4 is 0 Å². The van der Waals surface area contributed by atoms with Gasteiger partial charge in [-0.05, 0) is 13.8 Å². The highest BCUT2D eigenvalue weighted by Crippen LogP contribution is 1.92. The maximum atomic E-state index is 2.12. The second-order valence-electron chi connectivity index (χ2n) is 5.88. The molecule has 0 N–H and O–H groups in total. The largest absolute Gasteiger partial charge is 0.0656 e. The lowest BCUT2D eigenvalue weighted by Gasteiger charge is -1.82. The van der Waals surface area contributed by atoms with Crippen LogP contribution in [0.15, 0.2) is 97.1 Å². The fraction of sp³-hybridized carbons (Fsp3) is 0.308. The van der Waals surface area contributed by atoms with Gasteiger partial charge in [0.1, 0.15) is 0 Å². The smallest absolute Gasteiger partial charge is 0.0398 e. The van der Waals surface area contributed by atoms with Crippen molar-refractivity contribution < 1.29 is 0 Å². The van der Waals surface area contributed by atoms with Crippen molar-refractivity contribution in [1.29, 1.82) is 0 Å². The van der Waals surface area contributed by atoms with Crippen LogP contribution in [0.4, 0.5) is 0 Å². The molecule has 0 aliphatic heterocycles. The van der Waals surface area contributed by atoms with Gasteiger partial charge in [-0.2, -0.15) is 0 Å². The Morgan fingerprint density at radius 1 is 0.385 bits per heavy atom. The summed E-state index contributed by atoms with van der Waals surface area (Å²) < 4.78 is 0. The van der Waals surface area contributed by atoms with Gasteiger partial charge in [-0.15, -0.1) is 0 Å². The zero-order valence-corrected chi connectivity index (χ0v) is 17.7. The van der Waals surface area contributed by atoms with Gasteiger partial charge in [0.15, 0.2) is 0 Å². The van der Waals surface area contributed by atoms with Crippen LogP contribution in [-0.4, -0.2) is 0 Å². The van der Waals surface area contributed by atoms with Crippen molar-refractivity contribution in [2.24, 2.45) is 0 Å². The summed E-state index contributed by atoms with van der Waals surface area (Å²) in [5, 5.41) is 0. The molecule has 0 aliphatic carbocycles. The summed E-state index contributed by atoms with van der Waals surface area (Å²) in [5.74, 6) is 0. The molecule has 0 heterocycles. The Balaban J connectivity index is 0. The van der Waals surface area contributed by atoms with Crippen molar-refractivity contribution in [2.75, 3.05) is 0 Å². The van der Waals surface area contributed by atoms with E-state index in [1.54, 1.807) is 0 Å². The zero-order chi connectivity index (χ0) is 19.9. The van der Waals surface area contributed by atoms with Gasteiger partial charge in [0.2, 0.25) is 0 Å². The van der Waals surface area contributed by atoms with E-state index in [1.807, 2.05) is 72.8 Å². The second kappa shape index (κ2) is 22.7. The second-order valence-corrected chi connectivity index (χ2v) is 5.88. The normalized spacial score (nSPS) is 7.92. The summed E-state index contributed by atoms with van der Waals surface area (Å²) >= 11 is 0. The number of hydrogen-bond acceptors (Lipinski definition) is 0. The summed E-state index contributed by atoms with van der Waals surface area (Å²) in [6, 6.07) is 32.5. The van der Waals surface area contributed by atoms with E-state index in [0.29, 0.717) is 0 Å². The van der Waals surface area contributed by atoms with Crippen LogP contribution in [-0.2, 0) is 0 Å². The van der Waals surface area contributed by atoms with Gasteiger partial charge in [0.05, 0.1) is 0 Å². The van der Waals surface area contributed by atoms with E-state index in [9.17, 15) is 0 Å². The van der Waals surface area contributed by atoms with Crippen molar-refractivity contribution in [3.63, 3.8) is 0 Å². The van der Waals surface area contributed by atoms with Gasteiger partial charge in [-0.3, -0.25) is 0 Å². The molecule has 142 valence electrons. The number of rotatable bonds is 0. The first kappa shape index (κ1) is 25.9. The Hall–Kier alpha value is -2.34. The fourth-order valence-electron chi connectivity index (χ4n) is 1.45. The van der Waals surface area contributed by atoms with E-state index in [1.165, 1.54) is 24.0 Å². The van der Waals surface area contributed by atoms with Crippen LogP contribution in [0, 0.1) is 13.8 Å². The van der Waals surface area contributed by atoms with E-state index < -0.39 is 0 Å². The predicted octanol–water partition coefficient (Wildman–Crippen LogP) is 8.51. The molecule has 0 radical (unpaired) electrons. The molecule has 0 unspecified atom stereocenters. The highest BCUT2D eigenvalue weighted by atomic mass is 13.8. The molecule has 0 amide bonds. The predicted molar refractivity (Wildman–Crippen MR) is 121 cm³/mol. The molecule has 0 aromatic heterocycles. The number of aryl methyl sites for hydroxylation is 2. The van der Waals surface area contributed by atoms with Crippen LogP contribution in [0.2, 0.25) is 0 Å². The minimum Gasteiger partial charge on any atom is -0.0656 e. The number of benzene rings is 3. The van der Waals surface area contributed by atoms with Crippen LogP contribution in [0.5, 0.6) is 0 Å². The maximum absolute atomic E-state index is 2.12. The standard InChI is InChI=1S/2C7H8.C6H6.2C3H8/c2*1-7-5-3-2-4-6-7;1-2-4-6-5-3-1;2*1-3-2/h2*2-6H,1H3;1-6H;2*3H2,1-2H3. The third-order valence-electron chi connectivity index (χ3n) is 2.55. The van der Waals surface area contributed by atoms with Gasteiger partial charge in [-0.25, -0.2) is 0 Å². The lowest BCUT2D eigenvalue weighted by atomic mass is 10.2. The van der Waals surface area contributed by atoms with Crippen LogP contribution in [0.3, 0.4) is 0 Å². The Bertz CT molecular complexity index is 490. The van der Waals surface area contributed by atoms with Gasteiger partial charge >= 0.3 is 0 Å². The molecular formula is C26H38. The molecule has 0 saturated heterocycles. The minimum atomic E-state index is 1.25. The van der Waals surface area contributed by atoms with E-state index in [-0.39, 0.29) is 0 Å². The Morgan fingerprint density at radius 3 is 0.654 bits per heavy atom. The molecule has 0 saturated carbocycles. The van der Waals surface area contributed by atoms with Crippen LogP contribution in [0.1, 0.15) is 51.7 Å². The summed E-state index contributed by atoms with van der Waals surface area (Å²) in [7, 11) is 0. The molecular weight excluding hydrogens is 312 g/mol. The van der Waals surface area contributed by atoms with E-state index >= 15 is 0 Å². The highest BCUT2D eigenvalue weighted by molar-refractivity contribution is 5.12. The van der Waals surface area contributed by atoms with E-state index in [0.717, 1.165) is 0 Å². The molecule has 0 heteroatoms. The molecule has 0 nitrogen and oxygen atoms in total. The third-order valence-corrected chi connectivity index (χ3v) is 2.55. The topological polar surface area (TPSA) is 0 Å². The summed E-state index contributed by atoms with van der Waals surface area (Å²) in [4.78, 5) is 0. The summed E-state index contributed by atoms with van der Waals surface area (Å²) in [6.45, 7) is 12.7. The van der Waals surface area contributed by atoms with Crippen molar-refractivity contribution in [1.82, 2.24) is 0 Å². The average Bonchev–Trinajstić information content (AvgIpc) is 2.67. The van der Waals surface area contributed by atoms with E-state index in [4.69, 9.17) is 0 Å². The molecule has 3 aromatic rings. The molecule has 0 fully saturated rings. The highest BCUT2D eigenvalue weighted by Gasteiger charge is 1.72. The first-order valence-electron chi connectivity index (χ1n) is 9.65. The summed E-state index contributed by atoms with van der Waals surface area (Å²) in [6.07, 6.45) is 2.50. The Labute approximate surface area is 162 Å². The Morgan fingerprint density at radius 2 is 0.538 bits per heavy atom. The molecule has 0 atom stereocenters. The molecule has 26 heavy (non-hydrogen) atoms. The molecule has 3 aromatic carbocycles. The van der Waals surface area contributed by atoms with Gasteiger partial charge < -0.3 is 0 Å². The van der Waals surface area contributed by atoms with Crippen molar-refractivity contribution in [3.8, 4) is 0 Å². The average molecular weight is 351 g/mol. The van der Waals surface area contributed by atoms with Crippen molar-refractivity contribution >= 4 is 0 Å². The molecule has 3 rings (SSSR count). The van der Waals surface area contributed by atoms with Gasteiger partial charge in [0.25, 0.3) is 0 Å². The first-order chi connectivity index (χ1) is 12.6. The third kappa shape index (κ3) is 23.9. The van der Waals surface area contributed by atoms with Crippen LogP contribution >= 0.6 is 0 Å². The van der Waals surface area contributed by atoms with Crippen LogP contribution in [0.25, 0.3) is 0 Å². The minimum absolute atomic E-state index is 1.25. The van der Waals surface area contributed by atoms with Crippen molar-refractivity contribution in [3.05, 3.63) is 108 Å². The van der Waals surface area contributed by atoms with Crippen molar-refractivity contribution in [2.45, 2.75) is 54.4 Å². The Kier molecular flexibility index (Phi) is 22.6. The first-order valence-corrected chi connectivity index (χ1v) is 9.65. The maximum Gasteiger partial charge on any atom is -0.0398 e. The van der Waals surface area contributed by atoms with E-state index in [2.05, 4.69) is 65.8 Å².